The lowest BCUT2D eigenvalue weighted by Crippen LogP contribution is -2.10. The summed E-state index contributed by atoms with van der Waals surface area (Å²) >= 11 is 0. The number of aliphatic imine (C=N–C) groups is 1. The van der Waals surface area contributed by atoms with E-state index in [9.17, 15) is 8.78 Å². The van der Waals surface area contributed by atoms with Crippen molar-refractivity contribution in [3.63, 3.8) is 0 Å². The Morgan fingerprint density at radius 3 is 2.86 bits per heavy atom. The lowest BCUT2D eigenvalue weighted by Gasteiger charge is -2.06. The molecular weight excluding hydrogens is 186 g/mol. The number of hydrogen-bond acceptors (Lipinski definition) is 2. The number of rotatable bonds is 1. The fraction of sp³-hybridized carbons (Fsp3) is 0.300. The average molecular weight is 196 g/mol. The zero-order chi connectivity index (χ0) is 9.97. The summed E-state index contributed by atoms with van der Waals surface area (Å²) in [5.41, 5.74) is 0.158. The van der Waals surface area contributed by atoms with E-state index >= 15 is 0 Å². The molecule has 0 saturated carbocycles. The maximum Gasteiger partial charge on any atom is 0.182 e. The first-order chi connectivity index (χ1) is 6.77. The van der Waals surface area contributed by atoms with E-state index in [1.165, 1.54) is 12.1 Å². The second kappa shape index (κ2) is 3.74. The molecule has 2 nitrogen and oxygen atoms in total. The monoisotopic (exact) mass is 196 g/mol. The highest BCUT2D eigenvalue weighted by molar-refractivity contribution is 5.96. The molecule has 14 heavy (non-hydrogen) atoms. The van der Waals surface area contributed by atoms with Gasteiger partial charge >= 0.3 is 0 Å². The minimum absolute atomic E-state index is 0.158. The molecule has 74 valence electrons. The van der Waals surface area contributed by atoms with Gasteiger partial charge in [0.2, 0.25) is 0 Å². The van der Waals surface area contributed by atoms with Gasteiger partial charge in [-0.3, -0.25) is 4.99 Å². The van der Waals surface area contributed by atoms with Crippen molar-refractivity contribution < 1.29 is 8.78 Å². The number of nitrogens with zero attached hydrogens (tertiary/aromatic N) is 1. The van der Waals surface area contributed by atoms with Crippen molar-refractivity contribution in [2.75, 3.05) is 11.9 Å². The van der Waals surface area contributed by atoms with E-state index in [0.29, 0.717) is 0 Å². The predicted octanol–water partition coefficient (Wildman–Crippen LogP) is 2.57. The smallest absolute Gasteiger partial charge is 0.182 e. The Bertz CT molecular complexity index is 374. The number of benzene rings is 1. The van der Waals surface area contributed by atoms with Crippen LogP contribution in [0, 0.1) is 11.6 Å². The standard InChI is InChI=1S/C10H10F2N2/c11-7-3-1-4-8(10(7)12)14-9-5-2-6-13-9/h1,3-4H,2,5-6H2,(H,13,14). The average Bonchev–Trinajstić information content (AvgIpc) is 2.66. The fourth-order valence-electron chi connectivity index (χ4n) is 1.40. The Kier molecular flexibility index (Phi) is 2.43. The van der Waals surface area contributed by atoms with Crippen molar-refractivity contribution >= 4 is 11.5 Å². The largest absolute Gasteiger partial charge is 0.342 e. The quantitative estimate of drug-likeness (QED) is 0.733. The van der Waals surface area contributed by atoms with Gasteiger partial charge in [0, 0.05) is 13.0 Å². The molecule has 1 heterocycles. The summed E-state index contributed by atoms with van der Waals surface area (Å²) < 4.78 is 26.0. The number of anilines is 1. The molecule has 1 aromatic carbocycles. The number of hydrogen-bond donors (Lipinski definition) is 1. The minimum atomic E-state index is -0.845. The Balaban J connectivity index is 2.20. The third kappa shape index (κ3) is 1.73. The van der Waals surface area contributed by atoms with Crippen molar-refractivity contribution in [1.82, 2.24) is 0 Å². The van der Waals surface area contributed by atoms with Crippen molar-refractivity contribution in [3.8, 4) is 0 Å². The summed E-state index contributed by atoms with van der Waals surface area (Å²) in [6, 6.07) is 4.06. The molecule has 4 heteroatoms. The fourth-order valence-corrected chi connectivity index (χ4v) is 1.40. The van der Waals surface area contributed by atoms with Crippen LogP contribution in [0.5, 0.6) is 0 Å². The van der Waals surface area contributed by atoms with Gasteiger partial charge in [-0.05, 0) is 18.6 Å². The SMILES string of the molecule is Fc1cccc(NC2=NCCC2)c1F. The lowest BCUT2D eigenvalue weighted by atomic mass is 10.2. The molecular formula is C10H10F2N2. The molecule has 0 unspecified atom stereocenters. The van der Waals surface area contributed by atoms with Crippen LogP contribution in [0.2, 0.25) is 0 Å². The molecule has 0 radical (unpaired) electrons. The molecule has 0 amide bonds. The van der Waals surface area contributed by atoms with Crippen LogP contribution in [0.25, 0.3) is 0 Å². The normalized spacial score (nSPS) is 15.4. The molecule has 0 bridgehead atoms. The molecule has 1 aliphatic heterocycles. The first-order valence-corrected chi connectivity index (χ1v) is 4.52. The van der Waals surface area contributed by atoms with Crippen LogP contribution < -0.4 is 5.32 Å². The topological polar surface area (TPSA) is 24.4 Å². The molecule has 0 saturated heterocycles. The second-order valence-electron chi connectivity index (χ2n) is 3.16. The number of halogens is 2. The van der Waals surface area contributed by atoms with E-state index in [0.717, 1.165) is 31.3 Å². The van der Waals surface area contributed by atoms with E-state index in [2.05, 4.69) is 10.3 Å². The van der Waals surface area contributed by atoms with Gasteiger partial charge < -0.3 is 5.32 Å². The Hall–Kier alpha value is -1.45. The van der Waals surface area contributed by atoms with Crippen LogP contribution in [-0.2, 0) is 0 Å². The summed E-state index contributed by atoms with van der Waals surface area (Å²) in [6.45, 7) is 0.763. The Morgan fingerprint density at radius 2 is 2.14 bits per heavy atom. The van der Waals surface area contributed by atoms with Crippen molar-refractivity contribution in [1.29, 1.82) is 0 Å². The molecule has 2 rings (SSSR count). The van der Waals surface area contributed by atoms with Crippen molar-refractivity contribution in [3.05, 3.63) is 29.8 Å². The summed E-state index contributed by atoms with van der Waals surface area (Å²) in [7, 11) is 0. The van der Waals surface area contributed by atoms with E-state index in [1.54, 1.807) is 0 Å². The molecule has 1 aromatic rings. The van der Waals surface area contributed by atoms with E-state index in [-0.39, 0.29) is 5.69 Å². The Morgan fingerprint density at radius 1 is 1.29 bits per heavy atom. The van der Waals surface area contributed by atoms with E-state index < -0.39 is 11.6 Å². The van der Waals surface area contributed by atoms with Crippen LogP contribution in [0.3, 0.4) is 0 Å². The molecule has 1 N–H and O–H groups in total. The molecule has 0 atom stereocenters. The molecule has 0 fully saturated rings. The molecule has 0 spiro atoms. The van der Waals surface area contributed by atoms with Crippen LogP contribution in [0.1, 0.15) is 12.8 Å². The maximum atomic E-state index is 13.2. The summed E-state index contributed by atoms with van der Waals surface area (Å²) in [5.74, 6) is -0.954. The van der Waals surface area contributed by atoms with Gasteiger partial charge in [0.05, 0.1) is 5.69 Å². The summed E-state index contributed by atoms with van der Waals surface area (Å²) in [5, 5.41) is 2.78. The lowest BCUT2D eigenvalue weighted by molar-refractivity contribution is 0.512. The van der Waals surface area contributed by atoms with Crippen molar-refractivity contribution in [2.24, 2.45) is 4.99 Å². The highest BCUT2D eigenvalue weighted by atomic mass is 19.2. The first-order valence-electron chi connectivity index (χ1n) is 4.52. The van der Waals surface area contributed by atoms with Gasteiger partial charge in [-0.1, -0.05) is 6.07 Å². The van der Waals surface area contributed by atoms with Gasteiger partial charge in [0.25, 0.3) is 0 Å². The van der Waals surface area contributed by atoms with Gasteiger partial charge in [-0.15, -0.1) is 0 Å². The van der Waals surface area contributed by atoms with Crippen LogP contribution >= 0.6 is 0 Å². The van der Waals surface area contributed by atoms with E-state index in [1.807, 2.05) is 0 Å². The van der Waals surface area contributed by atoms with Crippen LogP contribution in [-0.4, -0.2) is 12.4 Å². The summed E-state index contributed by atoms with van der Waals surface area (Å²) in [6.07, 6.45) is 1.77. The molecule has 0 aliphatic carbocycles. The van der Waals surface area contributed by atoms with Crippen molar-refractivity contribution in [2.45, 2.75) is 12.8 Å². The third-order valence-electron chi connectivity index (χ3n) is 2.10. The van der Waals surface area contributed by atoms with Gasteiger partial charge in [0.1, 0.15) is 5.84 Å². The number of amidine groups is 1. The summed E-state index contributed by atoms with van der Waals surface area (Å²) in [4.78, 5) is 4.12. The van der Waals surface area contributed by atoms with E-state index in [4.69, 9.17) is 0 Å². The highest BCUT2D eigenvalue weighted by Crippen LogP contribution is 2.18. The minimum Gasteiger partial charge on any atom is -0.342 e. The molecule has 1 aliphatic rings. The van der Waals surface area contributed by atoms with Gasteiger partial charge in [-0.2, -0.15) is 0 Å². The van der Waals surface area contributed by atoms with Crippen LogP contribution in [0.4, 0.5) is 14.5 Å². The Labute approximate surface area is 80.7 Å². The van der Waals surface area contributed by atoms with Crippen LogP contribution in [0.15, 0.2) is 23.2 Å². The second-order valence-corrected chi connectivity index (χ2v) is 3.16. The maximum absolute atomic E-state index is 13.2. The zero-order valence-electron chi connectivity index (χ0n) is 7.56. The number of nitrogens with one attached hydrogen (secondary N) is 1. The van der Waals surface area contributed by atoms with Gasteiger partial charge in [0.15, 0.2) is 11.6 Å². The molecule has 0 aromatic heterocycles. The predicted molar refractivity (Wildman–Crippen MR) is 51.5 cm³/mol. The highest BCUT2D eigenvalue weighted by Gasteiger charge is 2.11. The zero-order valence-corrected chi connectivity index (χ0v) is 7.56. The third-order valence-corrected chi connectivity index (χ3v) is 2.10. The first kappa shape index (κ1) is 9.12. The van der Waals surface area contributed by atoms with Gasteiger partial charge in [-0.25, -0.2) is 8.78 Å².